The summed E-state index contributed by atoms with van der Waals surface area (Å²) in [6, 6.07) is 5.78. The summed E-state index contributed by atoms with van der Waals surface area (Å²) in [7, 11) is -1.92. The Bertz CT molecular complexity index is 488. The van der Waals surface area contributed by atoms with E-state index in [9.17, 15) is 13.0 Å². The van der Waals surface area contributed by atoms with Crippen LogP contribution < -0.4 is 0 Å². The highest BCUT2D eigenvalue weighted by Crippen LogP contribution is 2.14. The van der Waals surface area contributed by atoms with Crippen LogP contribution in [-0.2, 0) is 10.1 Å². The minimum atomic E-state index is -4.27. The van der Waals surface area contributed by atoms with Gasteiger partial charge in [0.05, 0.1) is 31.6 Å². The number of hydrogen-bond acceptors (Lipinski definition) is 3. The average molecular weight is 285 g/mol. The van der Waals surface area contributed by atoms with Crippen LogP contribution in [0, 0.1) is 6.92 Å². The number of benzene rings is 1. The van der Waals surface area contributed by atoms with Crippen molar-refractivity contribution in [3.8, 4) is 0 Å². The van der Waals surface area contributed by atoms with E-state index >= 15 is 0 Å². The Morgan fingerprint density at radius 2 is 1.63 bits per heavy atom. The first-order valence-electron chi connectivity index (χ1n) is 6.63. The molecule has 1 aliphatic rings. The van der Waals surface area contributed by atoms with Gasteiger partial charge in [-0.3, -0.25) is 0 Å². The molecule has 0 saturated carbocycles. The molecule has 0 aliphatic carbocycles. The summed E-state index contributed by atoms with van der Waals surface area (Å²) < 4.78 is 32.5. The third-order valence-corrected chi connectivity index (χ3v) is 4.57. The average Bonchev–Trinajstić information content (AvgIpc) is 2.77. The van der Waals surface area contributed by atoms with E-state index in [1.165, 1.54) is 49.1 Å². The quantitative estimate of drug-likeness (QED) is 0.618. The van der Waals surface area contributed by atoms with Crippen molar-refractivity contribution in [2.45, 2.75) is 31.6 Å². The van der Waals surface area contributed by atoms with E-state index in [1.54, 1.807) is 12.1 Å². The minimum Gasteiger partial charge on any atom is -0.744 e. The van der Waals surface area contributed by atoms with Crippen LogP contribution in [0.15, 0.2) is 29.2 Å². The van der Waals surface area contributed by atoms with Crippen molar-refractivity contribution in [1.82, 2.24) is 0 Å². The van der Waals surface area contributed by atoms with Crippen LogP contribution in [0.2, 0.25) is 0 Å². The molecule has 19 heavy (non-hydrogen) atoms. The molecule has 0 bridgehead atoms. The van der Waals surface area contributed by atoms with Crippen molar-refractivity contribution >= 4 is 10.1 Å². The van der Waals surface area contributed by atoms with Gasteiger partial charge in [0.15, 0.2) is 0 Å². The molecule has 0 spiro atoms. The molecular formula is C14H23NO3S. The molecule has 5 heteroatoms. The Labute approximate surface area is 116 Å². The topological polar surface area (TPSA) is 57.2 Å². The molecule has 2 rings (SSSR count). The van der Waals surface area contributed by atoms with E-state index in [2.05, 4.69) is 14.0 Å². The van der Waals surface area contributed by atoms with Gasteiger partial charge in [-0.05, 0) is 26.0 Å². The van der Waals surface area contributed by atoms with Gasteiger partial charge in [0.2, 0.25) is 0 Å². The van der Waals surface area contributed by atoms with Crippen molar-refractivity contribution < 1.29 is 17.5 Å². The maximum absolute atomic E-state index is 10.4. The monoisotopic (exact) mass is 285 g/mol. The van der Waals surface area contributed by atoms with Crippen LogP contribution in [0.3, 0.4) is 0 Å². The molecule has 0 atom stereocenters. The van der Waals surface area contributed by atoms with Gasteiger partial charge in [0.25, 0.3) is 0 Å². The minimum absolute atomic E-state index is 0.178. The highest BCUT2D eigenvalue weighted by Gasteiger charge is 2.23. The zero-order valence-corrected chi connectivity index (χ0v) is 12.7. The van der Waals surface area contributed by atoms with Gasteiger partial charge in [0, 0.05) is 12.8 Å². The second-order valence-electron chi connectivity index (χ2n) is 5.36. The number of quaternary nitrogens is 1. The summed E-state index contributed by atoms with van der Waals surface area (Å²) in [5.74, 6) is 0. The standard InChI is InChI=1S/C7H16N.C7H8O3S/c1-3-8(2)6-4-5-7-8;1-6-2-4-7(5-3-6)11(8,9)10/h3-7H2,1-2H3;2-5H,1H3,(H,8,9,10)/q+1;/p-1. The van der Waals surface area contributed by atoms with E-state index in [0.29, 0.717) is 0 Å². The molecule has 1 heterocycles. The van der Waals surface area contributed by atoms with Crippen LogP contribution in [0.4, 0.5) is 0 Å². The molecule has 1 fully saturated rings. The maximum Gasteiger partial charge on any atom is 0.124 e. The lowest BCUT2D eigenvalue weighted by Crippen LogP contribution is -2.40. The fourth-order valence-corrected chi connectivity index (χ4v) is 2.59. The molecule has 1 aromatic carbocycles. The van der Waals surface area contributed by atoms with Gasteiger partial charge in [0.1, 0.15) is 10.1 Å². The summed E-state index contributed by atoms with van der Waals surface area (Å²) in [6.07, 6.45) is 2.90. The van der Waals surface area contributed by atoms with Crippen molar-refractivity contribution in [2.75, 3.05) is 26.7 Å². The van der Waals surface area contributed by atoms with Gasteiger partial charge >= 0.3 is 0 Å². The van der Waals surface area contributed by atoms with E-state index < -0.39 is 10.1 Å². The normalized spacial score (nSPS) is 17.7. The van der Waals surface area contributed by atoms with Crippen LogP contribution in [0.1, 0.15) is 25.3 Å². The molecule has 0 N–H and O–H groups in total. The Morgan fingerprint density at radius 1 is 1.16 bits per heavy atom. The number of nitrogens with zero attached hydrogens (tertiary/aromatic N) is 1. The lowest BCUT2D eigenvalue weighted by molar-refractivity contribution is -0.895. The summed E-state index contributed by atoms with van der Waals surface area (Å²) in [5, 5.41) is 0. The molecule has 1 aromatic rings. The largest absolute Gasteiger partial charge is 0.744 e. The van der Waals surface area contributed by atoms with E-state index in [1.807, 2.05) is 6.92 Å². The lowest BCUT2D eigenvalue weighted by Gasteiger charge is -2.26. The van der Waals surface area contributed by atoms with Crippen molar-refractivity contribution in [3.05, 3.63) is 29.8 Å². The van der Waals surface area contributed by atoms with Gasteiger partial charge in [-0.15, -0.1) is 0 Å². The molecule has 1 aliphatic heterocycles. The van der Waals surface area contributed by atoms with Gasteiger partial charge in [-0.1, -0.05) is 17.7 Å². The maximum atomic E-state index is 10.4. The third-order valence-electron chi connectivity index (χ3n) is 3.72. The van der Waals surface area contributed by atoms with Gasteiger partial charge in [-0.25, -0.2) is 8.42 Å². The fraction of sp³-hybridized carbons (Fsp3) is 0.571. The first-order valence-corrected chi connectivity index (χ1v) is 8.04. The predicted molar refractivity (Wildman–Crippen MR) is 74.8 cm³/mol. The van der Waals surface area contributed by atoms with Crippen LogP contribution in [0.5, 0.6) is 0 Å². The SMILES string of the molecule is CC[N+]1(C)CCCC1.Cc1ccc(S(=O)(=O)[O-])cc1. The summed E-state index contributed by atoms with van der Waals surface area (Å²) in [4.78, 5) is -0.178. The molecule has 0 amide bonds. The van der Waals surface area contributed by atoms with Crippen molar-refractivity contribution in [2.24, 2.45) is 0 Å². The molecular weight excluding hydrogens is 262 g/mol. The number of hydrogen-bond donors (Lipinski definition) is 0. The van der Waals surface area contributed by atoms with Crippen LogP contribution in [0.25, 0.3) is 0 Å². The summed E-state index contributed by atoms with van der Waals surface area (Å²) in [5.41, 5.74) is 0.928. The molecule has 1 saturated heterocycles. The number of aryl methyl sites for hydroxylation is 1. The van der Waals surface area contributed by atoms with Crippen LogP contribution in [-0.4, -0.2) is 44.1 Å². The van der Waals surface area contributed by atoms with E-state index in [0.717, 1.165) is 5.56 Å². The second kappa shape index (κ2) is 6.50. The van der Waals surface area contributed by atoms with Crippen molar-refractivity contribution in [3.63, 3.8) is 0 Å². The molecule has 0 unspecified atom stereocenters. The van der Waals surface area contributed by atoms with E-state index in [4.69, 9.17) is 0 Å². The molecule has 0 radical (unpaired) electrons. The highest BCUT2D eigenvalue weighted by atomic mass is 32.2. The predicted octanol–water partition coefficient (Wildman–Crippen LogP) is 2.15. The Kier molecular flexibility index (Phi) is 5.52. The third kappa shape index (κ3) is 5.30. The van der Waals surface area contributed by atoms with Crippen LogP contribution >= 0.6 is 0 Å². The first-order chi connectivity index (χ1) is 8.77. The lowest BCUT2D eigenvalue weighted by atomic mass is 10.2. The smallest absolute Gasteiger partial charge is 0.124 e. The zero-order chi connectivity index (χ0) is 14.5. The van der Waals surface area contributed by atoms with Gasteiger partial charge < -0.3 is 9.04 Å². The Balaban J connectivity index is 0.000000200. The summed E-state index contributed by atoms with van der Waals surface area (Å²) >= 11 is 0. The Hall–Kier alpha value is -0.910. The molecule has 0 aromatic heterocycles. The molecule has 108 valence electrons. The first kappa shape index (κ1) is 16.1. The van der Waals surface area contributed by atoms with Gasteiger partial charge in [-0.2, -0.15) is 0 Å². The summed E-state index contributed by atoms with van der Waals surface area (Å²) in [6.45, 7) is 8.25. The fourth-order valence-electron chi connectivity index (χ4n) is 2.12. The number of likely N-dealkylation sites (tertiary alicyclic amines) is 1. The zero-order valence-electron chi connectivity index (χ0n) is 11.9. The second-order valence-corrected chi connectivity index (χ2v) is 6.74. The highest BCUT2D eigenvalue weighted by molar-refractivity contribution is 7.85. The number of rotatable bonds is 2. The Morgan fingerprint density at radius 3 is 1.95 bits per heavy atom. The van der Waals surface area contributed by atoms with E-state index in [-0.39, 0.29) is 4.90 Å². The van der Waals surface area contributed by atoms with Crippen molar-refractivity contribution in [1.29, 1.82) is 0 Å². The molecule has 4 nitrogen and oxygen atoms in total.